The molecule has 2 aromatic rings. The highest BCUT2D eigenvalue weighted by Gasteiger charge is 2.09. The van der Waals surface area contributed by atoms with E-state index < -0.39 is 0 Å². The summed E-state index contributed by atoms with van der Waals surface area (Å²) in [6.45, 7) is 2.63. The van der Waals surface area contributed by atoms with Crippen LogP contribution in [0.2, 0.25) is 5.02 Å². The fourth-order valence-corrected chi connectivity index (χ4v) is 2.41. The van der Waals surface area contributed by atoms with E-state index in [2.05, 4.69) is 12.2 Å². The van der Waals surface area contributed by atoms with Crippen LogP contribution in [0.3, 0.4) is 0 Å². The lowest BCUT2D eigenvalue weighted by atomic mass is 10.1. The molecule has 112 valence electrons. The highest BCUT2D eigenvalue weighted by molar-refractivity contribution is 6.31. The highest BCUT2D eigenvalue weighted by Crippen LogP contribution is 2.30. The van der Waals surface area contributed by atoms with Gasteiger partial charge >= 0.3 is 0 Å². The van der Waals surface area contributed by atoms with E-state index in [4.69, 9.17) is 21.1 Å². The SMILES string of the molecule is CNC(C)c1ccc(Oc2cccc(COC)c2)cc1Cl. The molecule has 1 unspecified atom stereocenters. The first-order chi connectivity index (χ1) is 10.1. The van der Waals surface area contributed by atoms with Gasteiger partial charge in [-0.3, -0.25) is 0 Å². The van der Waals surface area contributed by atoms with Crippen LogP contribution in [0.15, 0.2) is 42.5 Å². The third-order valence-electron chi connectivity index (χ3n) is 3.32. The predicted molar refractivity (Wildman–Crippen MR) is 86.2 cm³/mol. The number of rotatable bonds is 6. The predicted octanol–water partition coefficient (Wildman–Crippen LogP) is 4.56. The Morgan fingerprint density at radius 1 is 1.14 bits per heavy atom. The van der Waals surface area contributed by atoms with E-state index in [1.807, 2.05) is 49.5 Å². The molecule has 0 bridgehead atoms. The zero-order chi connectivity index (χ0) is 15.2. The molecule has 0 saturated carbocycles. The number of halogens is 1. The summed E-state index contributed by atoms with van der Waals surface area (Å²) in [6.07, 6.45) is 0. The minimum Gasteiger partial charge on any atom is -0.457 e. The van der Waals surface area contributed by atoms with Crippen LogP contribution < -0.4 is 10.1 Å². The van der Waals surface area contributed by atoms with Gasteiger partial charge in [0.05, 0.1) is 6.61 Å². The topological polar surface area (TPSA) is 30.5 Å². The molecule has 0 aliphatic heterocycles. The maximum atomic E-state index is 6.31. The molecular weight excluding hydrogens is 286 g/mol. The molecule has 4 heteroatoms. The Kier molecular flexibility index (Phi) is 5.62. The molecule has 0 amide bonds. The van der Waals surface area contributed by atoms with E-state index in [9.17, 15) is 0 Å². The lowest BCUT2D eigenvalue weighted by Gasteiger charge is -2.14. The van der Waals surface area contributed by atoms with E-state index in [1.54, 1.807) is 7.11 Å². The van der Waals surface area contributed by atoms with Crippen molar-refractivity contribution < 1.29 is 9.47 Å². The summed E-state index contributed by atoms with van der Waals surface area (Å²) in [4.78, 5) is 0. The highest BCUT2D eigenvalue weighted by atomic mass is 35.5. The second-order valence-electron chi connectivity index (χ2n) is 4.88. The molecule has 0 aromatic heterocycles. The summed E-state index contributed by atoms with van der Waals surface area (Å²) >= 11 is 6.31. The van der Waals surface area contributed by atoms with E-state index in [-0.39, 0.29) is 6.04 Å². The molecule has 0 radical (unpaired) electrons. The molecule has 0 heterocycles. The van der Waals surface area contributed by atoms with Crippen LogP contribution in [0.4, 0.5) is 0 Å². The van der Waals surface area contributed by atoms with Crippen molar-refractivity contribution in [3.05, 3.63) is 58.6 Å². The quantitative estimate of drug-likeness (QED) is 0.848. The number of hydrogen-bond donors (Lipinski definition) is 1. The zero-order valence-electron chi connectivity index (χ0n) is 12.5. The number of hydrogen-bond acceptors (Lipinski definition) is 3. The molecule has 2 rings (SSSR count). The minimum absolute atomic E-state index is 0.205. The Morgan fingerprint density at radius 3 is 2.57 bits per heavy atom. The van der Waals surface area contributed by atoms with Gasteiger partial charge in [0.1, 0.15) is 11.5 Å². The third-order valence-corrected chi connectivity index (χ3v) is 3.64. The summed E-state index contributed by atoms with van der Waals surface area (Å²) in [5.41, 5.74) is 2.13. The first-order valence-electron chi connectivity index (χ1n) is 6.86. The maximum Gasteiger partial charge on any atom is 0.128 e. The van der Waals surface area contributed by atoms with Gasteiger partial charge in [-0.2, -0.15) is 0 Å². The van der Waals surface area contributed by atoms with E-state index in [0.717, 1.165) is 22.6 Å². The van der Waals surface area contributed by atoms with Gasteiger partial charge in [0.15, 0.2) is 0 Å². The van der Waals surface area contributed by atoms with Crippen molar-refractivity contribution in [1.29, 1.82) is 0 Å². The molecule has 3 nitrogen and oxygen atoms in total. The van der Waals surface area contributed by atoms with Gasteiger partial charge in [0, 0.05) is 18.2 Å². The van der Waals surface area contributed by atoms with Crippen molar-refractivity contribution in [2.24, 2.45) is 0 Å². The van der Waals surface area contributed by atoms with Crippen LogP contribution in [-0.2, 0) is 11.3 Å². The van der Waals surface area contributed by atoms with Crippen molar-refractivity contribution >= 4 is 11.6 Å². The molecule has 0 spiro atoms. The largest absolute Gasteiger partial charge is 0.457 e. The van der Waals surface area contributed by atoms with Crippen LogP contribution in [0.5, 0.6) is 11.5 Å². The Balaban J connectivity index is 2.16. The average molecular weight is 306 g/mol. The molecule has 0 aliphatic rings. The van der Waals surface area contributed by atoms with Gasteiger partial charge in [-0.25, -0.2) is 0 Å². The van der Waals surface area contributed by atoms with Gasteiger partial charge < -0.3 is 14.8 Å². The Bertz CT molecular complexity index is 601. The molecule has 21 heavy (non-hydrogen) atoms. The molecule has 2 aromatic carbocycles. The fourth-order valence-electron chi connectivity index (χ4n) is 2.08. The van der Waals surface area contributed by atoms with Crippen LogP contribution in [-0.4, -0.2) is 14.2 Å². The first-order valence-corrected chi connectivity index (χ1v) is 7.24. The summed E-state index contributed by atoms with van der Waals surface area (Å²) in [7, 11) is 3.58. The molecular formula is C17H20ClNO2. The minimum atomic E-state index is 0.205. The summed E-state index contributed by atoms with van der Waals surface area (Å²) < 4.78 is 11.0. The van der Waals surface area contributed by atoms with Gasteiger partial charge in [-0.1, -0.05) is 29.8 Å². The lowest BCUT2D eigenvalue weighted by molar-refractivity contribution is 0.184. The third kappa shape index (κ3) is 4.21. The Morgan fingerprint density at radius 2 is 1.90 bits per heavy atom. The van der Waals surface area contributed by atoms with Crippen LogP contribution in [0, 0.1) is 0 Å². The van der Waals surface area contributed by atoms with E-state index >= 15 is 0 Å². The second kappa shape index (κ2) is 7.46. The number of nitrogens with one attached hydrogen (secondary N) is 1. The molecule has 0 saturated heterocycles. The van der Waals surface area contributed by atoms with Gasteiger partial charge in [0.25, 0.3) is 0 Å². The van der Waals surface area contributed by atoms with Gasteiger partial charge in [-0.15, -0.1) is 0 Å². The van der Waals surface area contributed by atoms with Crippen molar-refractivity contribution in [2.75, 3.05) is 14.2 Å². The Hall–Kier alpha value is -1.55. The zero-order valence-corrected chi connectivity index (χ0v) is 13.3. The number of ether oxygens (including phenoxy) is 2. The van der Waals surface area contributed by atoms with Gasteiger partial charge in [0.2, 0.25) is 0 Å². The normalized spacial score (nSPS) is 12.2. The van der Waals surface area contributed by atoms with Crippen molar-refractivity contribution in [2.45, 2.75) is 19.6 Å². The molecule has 1 N–H and O–H groups in total. The van der Waals surface area contributed by atoms with Crippen LogP contribution >= 0.6 is 11.6 Å². The van der Waals surface area contributed by atoms with Crippen molar-refractivity contribution in [1.82, 2.24) is 5.32 Å². The smallest absolute Gasteiger partial charge is 0.128 e. The number of benzene rings is 2. The van der Waals surface area contributed by atoms with E-state index in [0.29, 0.717) is 11.6 Å². The van der Waals surface area contributed by atoms with Crippen molar-refractivity contribution in [3.63, 3.8) is 0 Å². The monoisotopic (exact) mass is 305 g/mol. The molecule has 0 aliphatic carbocycles. The number of methoxy groups -OCH3 is 1. The van der Waals surface area contributed by atoms with Crippen molar-refractivity contribution in [3.8, 4) is 11.5 Å². The summed E-state index contributed by atoms with van der Waals surface area (Å²) in [5.74, 6) is 1.50. The van der Waals surface area contributed by atoms with Gasteiger partial charge in [-0.05, 0) is 49.4 Å². The molecule has 1 atom stereocenters. The standard InChI is InChI=1S/C17H20ClNO2/c1-12(19-2)16-8-7-15(10-17(16)18)21-14-6-4-5-13(9-14)11-20-3/h4-10,12,19H,11H2,1-3H3. The lowest BCUT2D eigenvalue weighted by Crippen LogP contribution is -2.12. The van der Waals surface area contributed by atoms with Crippen LogP contribution in [0.25, 0.3) is 0 Å². The molecule has 0 fully saturated rings. The van der Waals surface area contributed by atoms with Crippen LogP contribution in [0.1, 0.15) is 24.1 Å². The first kappa shape index (κ1) is 15.8. The van der Waals surface area contributed by atoms with E-state index in [1.165, 1.54) is 0 Å². The average Bonchev–Trinajstić information content (AvgIpc) is 2.47. The summed E-state index contributed by atoms with van der Waals surface area (Å²) in [6, 6.07) is 13.8. The Labute approximate surface area is 130 Å². The maximum absolute atomic E-state index is 6.31. The summed E-state index contributed by atoms with van der Waals surface area (Å²) in [5, 5.41) is 3.87. The second-order valence-corrected chi connectivity index (χ2v) is 5.28. The fraction of sp³-hybridized carbons (Fsp3) is 0.294.